The number of allylic oxidation sites excluding steroid dienone is 4. The standard InChI is InChI=1S/C16H17N/c1-5-15(11-17)10-13(3)14(4)16-8-6-12(2)7-9-16/h1,6-11H,4,17H2,2-3H3/b13-10-,15-11-. The van der Waals surface area contributed by atoms with Gasteiger partial charge in [0.2, 0.25) is 0 Å². The van der Waals surface area contributed by atoms with E-state index in [4.69, 9.17) is 12.2 Å². The van der Waals surface area contributed by atoms with Gasteiger partial charge in [0.15, 0.2) is 0 Å². The minimum absolute atomic E-state index is 0.663. The summed E-state index contributed by atoms with van der Waals surface area (Å²) >= 11 is 0. The third-order valence-corrected chi connectivity index (χ3v) is 2.59. The molecule has 0 amide bonds. The fourth-order valence-electron chi connectivity index (χ4n) is 1.44. The Bertz CT molecular complexity index is 507. The fraction of sp³-hybridized carbons (Fsp3) is 0.125. The largest absolute Gasteiger partial charge is 0.404 e. The molecule has 0 aliphatic rings. The summed E-state index contributed by atoms with van der Waals surface area (Å²) in [5, 5.41) is 0. The summed E-state index contributed by atoms with van der Waals surface area (Å²) in [5.41, 5.74) is 10.4. The van der Waals surface area contributed by atoms with Gasteiger partial charge in [-0.3, -0.25) is 0 Å². The van der Waals surface area contributed by atoms with Crippen LogP contribution < -0.4 is 5.73 Å². The van der Waals surface area contributed by atoms with E-state index in [1.807, 2.05) is 13.0 Å². The molecule has 2 N–H and O–H groups in total. The molecule has 0 atom stereocenters. The van der Waals surface area contributed by atoms with Crippen LogP contribution in [0, 0.1) is 19.3 Å². The maximum Gasteiger partial charge on any atom is 0.0400 e. The lowest BCUT2D eigenvalue weighted by molar-refractivity contribution is 1.43. The summed E-state index contributed by atoms with van der Waals surface area (Å²) in [6.07, 6.45) is 8.60. The molecule has 0 unspecified atom stereocenters. The minimum atomic E-state index is 0.663. The maximum absolute atomic E-state index is 5.41. The molecular weight excluding hydrogens is 206 g/mol. The zero-order valence-corrected chi connectivity index (χ0v) is 10.3. The van der Waals surface area contributed by atoms with Gasteiger partial charge in [0, 0.05) is 11.8 Å². The van der Waals surface area contributed by atoms with Crippen LogP contribution in [-0.2, 0) is 0 Å². The Morgan fingerprint density at radius 2 is 1.94 bits per heavy atom. The molecule has 1 rings (SSSR count). The molecular formula is C16H17N. The molecule has 0 bridgehead atoms. The van der Waals surface area contributed by atoms with E-state index >= 15 is 0 Å². The van der Waals surface area contributed by atoms with Gasteiger partial charge in [0.1, 0.15) is 0 Å². The van der Waals surface area contributed by atoms with Gasteiger partial charge < -0.3 is 5.73 Å². The molecule has 1 aromatic rings. The van der Waals surface area contributed by atoms with Crippen molar-refractivity contribution in [2.45, 2.75) is 13.8 Å². The number of hydrogen-bond donors (Lipinski definition) is 1. The zero-order valence-electron chi connectivity index (χ0n) is 10.3. The van der Waals surface area contributed by atoms with Crippen LogP contribution in [0.5, 0.6) is 0 Å². The minimum Gasteiger partial charge on any atom is -0.404 e. The van der Waals surface area contributed by atoms with E-state index in [2.05, 4.69) is 43.7 Å². The lowest BCUT2D eigenvalue weighted by atomic mass is 9.98. The van der Waals surface area contributed by atoms with Crippen LogP contribution in [0.3, 0.4) is 0 Å². The molecule has 0 aliphatic carbocycles. The maximum atomic E-state index is 5.41. The van der Waals surface area contributed by atoms with Crippen molar-refractivity contribution >= 4 is 5.57 Å². The SMILES string of the molecule is C#CC(/C=C(/C)C(=C)c1ccc(C)cc1)=C/N. The predicted molar refractivity (Wildman–Crippen MR) is 75.1 cm³/mol. The lowest BCUT2D eigenvalue weighted by Crippen LogP contribution is -1.88. The molecule has 0 saturated carbocycles. The number of nitrogens with two attached hydrogens (primary N) is 1. The highest BCUT2D eigenvalue weighted by atomic mass is 14.5. The molecule has 1 nitrogen and oxygen atoms in total. The van der Waals surface area contributed by atoms with E-state index in [1.54, 1.807) is 0 Å². The number of rotatable bonds is 3. The third-order valence-electron chi connectivity index (χ3n) is 2.59. The second-order valence-corrected chi connectivity index (χ2v) is 3.94. The van der Waals surface area contributed by atoms with Gasteiger partial charge in [0.05, 0.1) is 0 Å². The highest BCUT2D eigenvalue weighted by Crippen LogP contribution is 2.22. The van der Waals surface area contributed by atoms with Crippen molar-refractivity contribution in [3.05, 3.63) is 65.4 Å². The summed E-state index contributed by atoms with van der Waals surface area (Å²) in [5.74, 6) is 2.52. The van der Waals surface area contributed by atoms with E-state index in [-0.39, 0.29) is 0 Å². The first kappa shape index (κ1) is 12.9. The molecule has 17 heavy (non-hydrogen) atoms. The molecule has 0 aliphatic heterocycles. The fourth-order valence-corrected chi connectivity index (χ4v) is 1.44. The van der Waals surface area contributed by atoms with Crippen LogP contribution in [0.2, 0.25) is 0 Å². The lowest BCUT2D eigenvalue weighted by Gasteiger charge is -2.07. The molecule has 0 spiro atoms. The summed E-state index contributed by atoms with van der Waals surface area (Å²) in [6.45, 7) is 8.10. The topological polar surface area (TPSA) is 26.0 Å². The predicted octanol–water partition coefficient (Wildman–Crippen LogP) is 3.43. The molecule has 1 heteroatoms. The van der Waals surface area contributed by atoms with Crippen LogP contribution in [0.1, 0.15) is 18.1 Å². The zero-order chi connectivity index (χ0) is 12.8. The average Bonchev–Trinajstić information content (AvgIpc) is 2.35. The van der Waals surface area contributed by atoms with E-state index in [0.29, 0.717) is 5.57 Å². The average molecular weight is 223 g/mol. The Balaban J connectivity index is 2.99. The normalized spacial score (nSPS) is 12.1. The Labute approximate surface area is 103 Å². The highest BCUT2D eigenvalue weighted by molar-refractivity contribution is 5.77. The molecule has 0 saturated heterocycles. The van der Waals surface area contributed by atoms with Gasteiger partial charge in [-0.2, -0.15) is 0 Å². The summed E-state index contributed by atoms with van der Waals surface area (Å²) in [6, 6.07) is 8.23. The van der Waals surface area contributed by atoms with Crippen molar-refractivity contribution in [2.75, 3.05) is 0 Å². The smallest absolute Gasteiger partial charge is 0.0400 e. The Hall–Kier alpha value is -2.20. The number of terminal acetylenes is 1. The Morgan fingerprint density at radius 3 is 2.41 bits per heavy atom. The Kier molecular flexibility index (Phi) is 4.37. The van der Waals surface area contributed by atoms with Gasteiger partial charge in [-0.25, -0.2) is 0 Å². The van der Waals surface area contributed by atoms with Crippen LogP contribution in [0.15, 0.2) is 54.3 Å². The van der Waals surface area contributed by atoms with Crippen LogP contribution in [-0.4, -0.2) is 0 Å². The third kappa shape index (κ3) is 3.39. The van der Waals surface area contributed by atoms with Gasteiger partial charge in [-0.05, 0) is 36.6 Å². The second-order valence-electron chi connectivity index (χ2n) is 3.94. The molecule has 0 aromatic heterocycles. The van der Waals surface area contributed by atoms with Gasteiger partial charge in [-0.1, -0.05) is 42.3 Å². The molecule has 1 aromatic carbocycles. The van der Waals surface area contributed by atoms with Crippen molar-refractivity contribution in [3.63, 3.8) is 0 Å². The van der Waals surface area contributed by atoms with Crippen molar-refractivity contribution < 1.29 is 0 Å². The van der Waals surface area contributed by atoms with Gasteiger partial charge in [-0.15, -0.1) is 6.42 Å². The van der Waals surface area contributed by atoms with E-state index in [0.717, 1.165) is 16.7 Å². The van der Waals surface area contributed by atoms with Crippen LogP contribution in [0.4, 0.5) is 0 Å². The first-order chi connectivity index (χ1) is 8.08. The molecule has 0 heterocycles. The van der Waals surface area contributed by atoms with E-state index in [9.17, 15) is 0 Å². The van der Waals surface area contributed by atoms with Crippen LogP contribution in [0.25, 0.3) is 5.57 Å². The van der Waals surface area contributed by atoms with E-state index < -0.39 is 0 Å². The van der Waals surface area contributed by atoms with E-state index in [1.165, 1.54) is 11.8 Å². The van der Waals surface area contributed by atoms with Crippen LogP contribution >= 0.6 is 0 Å². The first-order valence-electron chi connectivity index (χ1n) is 5.41. The number of aryl methyl sites for hydroxylation is 1. The van der Waals surface area contributed by atoms with Crippen molar-refractivity contribution in [3.8, 4) is 12.3 Å². The van der Waals surface area contributed by atoms with Crippen molar-refractivity contribution in [2.24, 2.45) is 5.73 Å². The number of hydrogen-bond acceptors (Lipinski definition) is 1. The summed E-state index contributed by atoms with van der Waals surface area (Å²) < 4.78 is 0. The van der Waals surface area contributed by atoms with Crippen molar-refractivity contribution in [1.29, 1.82) is 0 Å². The quantitative estimate of drug-likeness (QED) is 0.616. The molecule has 86 valence electrons. The van der Waals surface area contributed by atoms with Gasteiger partial charge >= 0.3 is 0 Å². The Morgan fingerprint density at radius 1 is 1.35 bits per heavy atom. The monoisotopic (exact) mass is 223 g/mol. The van der Waals surface area contributed by atoms with Gasteiger partial charge in [0.25, 0.3) is 0 Å². The molecule has 0 radical (unpaired) electrons. The van der Waals surface area contributed by atoms with Crippen molar-refractivity contribution in [1.82, 2.24) is 0 Å². The summed E-state index contributed by atoms with van der Waals surface area (Å²) in [4.78, 5) is 0. The summed E-state index contributed by atoms with van der Waals surface area (Å²) in [7, 11) is 0. The highest BCUT2D eigenvalue weighted by Gasteiger charge is 2.01. The second kappa shape index (κ2) is 5.77. The molecule has 0 fully saturated rings. The first-order valence-corrected chi connectivity index (χ1v) is 5.41. The number of benzene rings is 1.